The lowest BCUT2D eigenvalue weighted by molar-refractivity contribution is 0.275. The number of hydrogen-bond donors (Lipinski definition) is 1. The molecule has 1 N–H and O–H groups in total. The van der Waals surface area contributed by atoms with Gasteiger partial charge in [0.15, 0.2) is 0 Å². The Balaban J connectivity index is 3.25. The first-order valence-corrected chi connectivity index (χ1v) is 4.29. The van der Waals surface area contributed by atoms with Crippen molar-refractivity contribution in [1.82, 2.24) is 0 Å². The topological polar surface area (TPSA) is 20.2 Å². The van der Waals surface area contributed by atoms with E-state index in [1.807, 2.05) is 0 Å². The largest absolute Gasteiger partial charge is 0.392 e. The zero-order valence-corrected chi connectivity index (χ0v) is 8.22. The summed E-state index contributed by atoms with van der Waals surface area (Å²) in [7, 11) is 0. The van der Waals surface area contributed by atoms with Crippen molar-refractivity contribution < 1.29 is 9.50 Å². The third-order valence-corrected chi connectivity index (χ3v) is 2.74. The maximum absolute atomic E-state index is 13.1. The Morgan fingerprint density at radius 3 is 2.73 bits per heavy atom. The average molecular weight is 266 g/mol. The van der Waals surface area contributed by atoms with Gasteiger partial charge in [-0.05, 0) is 41.1 Å². The number of aliphatic hydroxyl groups is 1. The first-order chi connectivity index (χ1) is 5.16. The van der Waals surface area contributed by atoms with Crippen LogP contribution in [0.3, 0.4) is 0 Å². The molecule has 0 bridgehead atoms. The highest BCUT2D eigenvalue weighted by Crippen LogP contribution is 2.18. The Kier molecular flexibility index (Phi) is 2.84. The van der Waals surface area contributed by atoms with Crippen LogP contribution in [0.1, 0.15) is 11.1 Å². The second-order valence-electron chi connectivity index (χ2n) is 2.30. The van der Waals surface area contributed by atoms with Crippen LogP contribution in [-0.4, -0.2) is 5.11 Å². The minimum absolute atomic E-state index is 0.233. The number of aliphatic hydroxyl groups excluding tert-OH is 1. The summed E-state index contributed by atoms with van der Waals surface area (Å²) in [5.74, 6) is -0.292. The van der Waals surface area contributed by atoms with Gasteiger partial charge >= 0.3 is 0 Å². The smallest absolute Gasteiger partial charge is 0.132 e. The van der Waals surface area contributed by atoms with E-state index in [0.29, 0.717) is 11.1 Å². The van der Waals surface area contributed by atoms with Gasteiger partial charge in [-0.3, -0.25) is 0 Å². The van der Waals surface area contributed by atoms with E-state index >= 15 is 0 Å². The summed E-state index contributed by atoms with van der Waals surface area (Å²) in [5.41, 5.74) is 0.972. The highest BCUT2D eigenvalue weighted by molar-refractivity contribution is 14.1. The molecule has 0 amide bonds. The first kappa shape index (κ1) is 8.93. The second-order valence-corrected chi connectivity index (χ2v) is 3.47. The number of rotatable bonds is 1. The molecule has 0 aliphatic rings. The summed E-state index contributed by atoms with van der Waals surface area (Å²) >= 11 is 2.06. The van der Waals surface area contributed by atoms with E-state index in [1.54, 1.807) is 19.1 Å². The van der Waals surface area contributed by atoms with Crippen molar-refractivity contribution in [2.75, 3.05) is 0 Å². The van der Waals surface area contributed by atoms with Crippen molar-refractivity contribution in [3.05, 3.63) is 32.6 Å². The molecule has 0 radical (unpaired) electrons. The van der Waals surface area contributed by atoms with E-state index in [4.69, 9.17) is 5.11 Å². The molecule has 0 fully saturated rings. The monoisotopic (exact) mass is 266 g/mol. The highest BCUT2D eigenvalue weighted by Gasteiger charge is 2.06. The molecule has 0 heterocycles. The van der Waals surface area contributed by atoms with Gasteiger partial charge in [-0.25, -0.2) is 4.39 Å². The number of halogens is 2. The molecule has 0 spiro atoms. The van der Waals surface area contributed by atoms with E-state index in [1.165, 1.54) is 0 Å². The third-order valence-electron chi connectivity index (χ3n) is 1.57. The molecular formula is C8H8FIO. The zero-order valence-electron chi connectivity index (χ0n) is 6.06. The molecule has 0 saturated heterocycles. The van der Waals surface area contributed by atoms with Crippen LogP contribution in [0.5, 0.6) is 0 Å². The zero-order chi connectivity index (χ0) is 8.43. The molecular weight excluding hydrogens is 258 g/mol. The summed E-state index contributed by atoms with van der Waals surface area (Å²) in [5, 5.41) is 8.69. The fraction of sp³-hybridized carbons (Fsp3) is 0.250. The summed E-state index contributed by atoms with van der Waals surface area (Å²) in [6.45, 7) is 1.47. The third kappa shape index (κ3) is 1.70. The molecule has 0 aliphatic carbocycles. The maximum Gasteiger partial charge on any atom is 0.132 e. The van der Waals surface area contributed by atoms with E-state index in [-0.39, 0.29) is 12.4 Å². The maximum atomic E-state index is 13.1. The molecule has 0 saturated carbocycles. The molecule has 60 valence electrons. The lowest BCUT2D eigenvalue weighted by Crippen LogP contribution is -1.94. The van der Waals surface area contributed by atoms with Crippen molar-refractivity contribution in [1.29, 1.82) is 0 Å². The summed E-state index contributed by atoms with van der Waals surface area (Å²) in [6, 6.07) is 3.40. The summed E-state index contributed by atoms with van der Waals surface area (Å²) in [4.78, 5) is 0. The molecule has 0 aliphatic heterocycles. The van der Waals surface area contributed by atoms with Gasteiger partial charge < -0.3 is 5.11 Å². The second kappa shape index (κ2) is 3.49. The molecule has 3 heteroatoms. The molecule has 1 aromatic rings. The van der Waals surface area contributed by atoms with Gasteiger partial charge in [0.1, 0.15) is 5.82 Å². The Hall–Kier alpha value is -0.160. The van der Waals surface area contributed by atoms with Gasteiger partial charge in [-0.2, -0.15) is 0 Å². The minimum atomic E-state index is -0.292. The lowest BCUT2D eigenvalue weighted by Gasteiger charge is -2.03. The van der Waals surface area contributed by atoms with Crippen LogP contribution < -0.4 is 0 Å². The molecule has 1 aromatic carbocycles. The van der Waals surface area contributed by atoms with Crippen LogP contribution in [0, 0.1) is 16.3 Å². The molecule has 11 heavy (non-hydrogen) atoms. The Morgan fingerprint density at radius 2 is 2.18 bits per heavy atom. The Bertz CT molecular complexity index is 273. The van der Waals surface area contributed by atoms with E-state index in [2.05, 4.69) is 22.6 Å². The predicted molar refractivity (Wildman–Crippen MR) is 49.8 cm³/mol. The van der Waals surface area contributed by atoms with Crippen molar-refractivity contribution in [2.45, 2.75) is 13.5 Å². The number of hydrogen-bond acceptors (Lipinski definition) is 1. The minimum Gasteiger partial charge on any atom is -0.392 e. The van der Waals surface area contributed by atoms with Gasteiger partial charge in [0.25, 0.3) is 0 Å². The summed E-state index contributed by atoms with van der Waals surface area (Å²) < 4.78 is 14.0. The first-order valence-electron chi connectivity index (χ1n) is 3.21. The van der Waals surface area contributed by atoms with Crippen LogP contribution in [-0.2, 0) is 6.61 Å². The van der Waals surface area contributed by atoms with Crippen LogP contribution in [0.2, 0.25) is 0 Å². The van der Waals surface area contributed by atoms with Gasteiger partial charge in [0.2, 0.25) is 0 Å². The average Bonchev–Trinajstić information content (AvgIpc) is 2.01. The Morgan fingerprint density at radius 1 is 1.55 bits per heavy atom. The Labute approximate surface area is 78.4 Å². The van der Waals surface area contributed by atoms with Crippen molar-refractivity contribution >= 4 is 22.6 Å². The van der Waals surface area contributed by atoms with E-state index in [0.717, 1.165) is 3.57 Å². The van der Waals surface area contributed by atoms with Crippen LogP contribution in [0.15, 0.2) is 12.1 Å². The standard InChI is InChI=1S/C8H8FIO/c1-5-7(10)3-2-6(4-11)8(5)9/h2-3,11H,4H2,1H3. The normalized spacial score (nSPS) is 10.2. The fourth-order valence-electron chi connectivity index (χ4n) is 0.840. The lowest BCUT2D eigenvalue weighted by atomic mass is 10.1. The van der Waals surface area contributed by atoms with Gasteiger partial charge in [0, 0.05) is 9.13 Å². The number of benzene rings is 1. The van der Waals surface area contributed by atoms with Crippen molar-refractivity contribution in [3.8, 4) is 0 Å². The molecule has 0 atom stereocenters. The van der Waals surface area contributed by atoms with E-state index < -0.39 is 0 Å². The van der Waals surface area contributed by atoms with Crippen molar-refractivity contribution in [2.24, 2.45) is 0 Å². The summed E-state index contributed by atoms with van der Waals surface area (Å²) in [6.07, 6.45) is 0. The highest BCUT2D eigenvalue weighted by atomic mass is 127. The van der Waals surface area contributed by atoms with Gasteiger partial charge in [-0.1, -0.05) is 6.07 Å². The molecule has 1 nitrogen and oxygen atoms in total. The van der Waals surface area contributed by atoms with Crippen LogP contribution in [0.25, 0.3) is 0 Å². The molecule has 0 aromatic heterocycles. The van der Waals surface area contributed by atoms with Gasteiger partial charge in [-0.15, -0.1) is 0 Å². The van der Waals surface area contributed by atoms with Gasteiger partial charge in [0.05, 0.1) is 6.61 Å². The van der Waals surface area contributed by atoms with E-state index in [9.17, 15) is 4.39 Å². The quantitative estimate of drug-likeness (QED) is 0.773. The van der Waals surface area contributed by atoms with Crippen LogP contribution >= 0.6 is 22.6 Å². The predicted octanol–water partition coefficient (Wildman–Crippen LogP) is 2.23. The SMILES string of the molecule is Cc1c(I)ccc(CO)c1F. The van der Waals surface area contributed by atoms with Crippen molar-refractivity contribution in [3.63, 3.8) is 0 Å². The fourth-order valence-corrected chi connectivity index (χ4v) is 1.26. The van der Waals surface area contributed by atoms with Crippen LogP contribution in [0.4, 0.5) is 4.39 Å². The molecule has 1 rings (SSSR count). The molecule has 0 unspecified atom stereocenters.